The molecule has 0 amide bonds. The largest absolute Gasteiger partial charge is 0.497 e. The summed E-state index contributed by atoms with van der Waals surface area (Å²) < 4.78 is 18.8. The van der Waals surface area contributed by atoms with Crippen LogP contribution in [0.4, 0.5) is 4.39 Å². The van der Waals surface area contributed by atoms with E-state index in [9.17, 15) is 9.50 Å². The number of hydrogen-bond donors (Lipinski definition) is 1. The molecule has 2 nitrogen and oxygen atoms in total. The van der Waals surface area contributed by atoms with Gasteiger partial charge in [-0.25, -0.2) is 4.39 Å². The van der Waals surface area contributed by atoms with Crippen molar-refractivity contribution < 1.29 is 14.2 Å². The predicted molar refractivity (Wildman–Crippen MR) is 73.5 cm³/mol. The van der Waals surface area contributed by atoms with Gasteiger partial charge < -0.3 is 9.84 Å². The quantitative estimate of drug-likeness (QED) is 0.919. The Labute approximate surface area is 120 Å². The van der Waals surface area contributed by atoms with Crippen LogP contribution in [0.1, 0.15) is 17.2 Å². The Kier molecular flexibility index (Phi) is 4.30. The number of aliphatic hydroxyl groups is 1. The van der Waals surface area contributed by atoms with Gasteiger partial charge >= 0.3 is 0 Å². The molecule has 0 aliphatic rings. The highest BCUT2D eigenvalue weighted by atomic mass is 35.5. The van der Waals surface area contributed by atoms with Crippen molar-refractivity contribution in [1.29, 1.82) is 0 Å². The lowest BCUT2D eigenvalue weighted by atomic mass is 10.0. The van der Waals surface area contributed by atoms with Crippen molar-refractivity contribution >= 4 is 23.2 Å². The van der Waals surface area contributed by atoms with Gasteiger partial charge in [-0.05, 0) is 24.3 Å². The summed E-state index contributed by atoms with van der Waals surface area (Å²) in [5.74, 6) is -0.173. The van der Waals surface area contributed by atoms with Crippen molar-refractivity contribution in [2.45, 2.75) is 6.10 Å². The highest BCUT2D eigenvalue weighted by Crippen LogP contribution is 2.32. The molecule has 2 aromatic carbocycles. The first-order valence-corrected chi connectivity index (χ1v) is 6.25. The monoisotopic (exact) mass is 300 g/mol. The van der Waals surface area contributed by atoms with E-state index in [0.29, 0.717) is 16.3 Å². The van der Waals surface area contributed by atoms with Crippen LogP contribution in [0.25, 0.3) is 0 Å². The van der Waals surface area contributed by atoms with Crippen LogP contribution in [0.2, 0.25) is 10.0 Å². The maximum Gasteiger partial charge on any atom is 0.133 e. The van der Waals surface area contributed by atoms with Gasteiger partial charge in [0.15, 0.2) is 0 Å². The molecule has 0 aliphatic heterocycles. The summed E-state index contributed by atoms with van der Waals surface area (Å²) in [6.45, 7) is 0. The van der Waals surface area contributed by atoms with Crippen molar-refractivity contribution in [3.63, 3.8) is 0 Å². The SMILES string of the molecule is COc1ccc(C(O)c2ccc(Cl)cc2Cl)c(F)c1. The minimum Gasteiger partial charge on any atom is -0.497 e. The molecule has 0 saturated heterocycles. The summed E-state index contributed by atoms with van der Waals surface area (Å²) in [5, 5.41) is 10.9. The van der Waals surface area contributed by atoms with E-state index in [1.807, 2.05) is 0 Å². The second kappa shape index (κ2) is 5.78. The molecule has 19 heavy (non-hydrogen) atoms. The summed E-state index contributed by atoms with van der Waals surface area (Å²) in [5.41, 5.74) is 0.528. The van der Waals surface area contributed by atoms with Crippen LogP contribution in [-0.4, -0.2) is 12.2 Å². The number of benzene rings is 2. The molecule has 0 aromatic heterocycles. The third-order valence-corrected chi connectivity index (χ3v) is 3.32. The Balaban J connectivity index is 2.41. The average molecular weight is 301 g/mol. The van der Waals surface area contributed by atoms with Crippen LogP contribution >= 0.6 is 23.2 Å². The zero-order valence-corrected chi connectivity index (χ0v) is 11.5. The second-order valence-electron chi connectivity index (χ2n) is 3.96. The van der Waals surface area contributed by atoms with Gasteiger partial charge in [0, 0.05) is 27.2 Å². The molecule has 1 unspecified atom stereocenters. The van der Waals surface area contributed by atoms with Gasteiger partial charge in [-0.1, -0.05) is 29.3 Å². The highest BCUT2D eigenvalue weighted by molar-refractivity contribution is 6.35. The van der Waals surface area contributed by atoms with Gasteiger partial charge in [0.05, 0.1) is 7.11 Å². The van der Waals surface area contributed by atoms with Gasteiger partial charge in [0.2, 0.25) is 0 Å². The molecule has 0 saturated carbocycles. The summed E-state index contributed by atoms with van der Waals surface area (Å²) >= 11 is 11.8. The fourth-order valence-electron chi connectivity index (χ4n) is 1.75. The Hall–Kier alpha value is -1.29. The number of methoxy groups -OCH3 is 1. The molecular weight excluding hydrogens is 290 g/mol. The van der Waals surface area contributed by atoms with Crippen LogP contribution in [0.5, 0.6) is 5.75 Å². The van der Waals surface area contributed by atoms with Crippen LogP contribution < -0.4 is 4.74 Å². The Bertz CT molecular complexity index is 602. The van der Waals surface area contributed by atoms with Crippen molar-refractivity contribution in [3.8, 4) is 5.75 Å². The van der Waals surface area contributed by atoms with E-state index in [-0.39, 0.29) is 10.6 Å². The van der Waals surface area contributed by atoms with Gasteiger partial charge in [-0.3, -0.25) is 0 Å². The second-order valence-corrected chi connectivity index (χ2v) is 4.80. The third-order valence-electron chi connectivity index (χ3n) is 2.76. The molecule has 0 radical (unpaired) electrons. The molecule has 5 heteroatoms. The molecule has 0 aliphatic carbocycles. The molecule has 0 heterocycles. The van der Waals surface area contributed by atoms with E-state index in [1.54, 1.807) is 18.2 Å². The Morgan fingerprint density at radius 1 is 1.11 bits per heavy atom. The van der Waals surface area contributed by atoms with E-state index in [0.717, 1.165) is 0 Å². The lowest BCUT2D eigenvalue weighted by Crippen LogP contribution is -2.03. The van der Waals surface area contributed by atoms with Crippen molar-refractivity contribution in [2.24, 2.45) is 0 Å². The fourth-order valence-corrected chi connectivity index (χ4v) is 2.26. The molecule has 2 aromatic rings. The van der Waals surface area contributed by atoms with Crippen molar-refractivity contribution in [1.82, 2.24) is 0 Å². The minimum atomic E-state index is -1.16. The zero-order valence-electron chi connectivity index (χ0n) is 10.0. The topological polar surface area (TPSA) is 29.5 Å². The van der Waals surface area contributed by atoms with Crippen molar-refractivity contribution in [2.75, 3.05) is 7.11 Å². The molecule has 1 atom stereocenters. The van der Waals surface area contributed by atoms with Gasteiger partial charge in [0.1, 0.15) is 17.7 Å². The average Bonchev–Trinajstić information content (AvgIpc) is 2.37. The Morgan fingerprint density at radius 2 is 1.79 bits per heavy atom. The maximum atomic E-state index is 13.9. The minimum absolute atomic E-state index is 0.130. The van der Waals surface area contributed by atoms with Gasteiger partial charge in [0.25, 0.3) is 0 Å². The first-order valence-electron chi connectivity index (χ1n) is 5.49. The van der Waals surface area contributed by atoms with Crippen LogP contribution in [0.3, 0.4) is 0 Å². The number of ether oxygens (including phenoxy) is 1. The highest BCUT2D eigenvalue weighted by Gasteiger charge is 2.18. The van der Waals surface area contributed by atoms with E-state index >= 15 is 0 Å². The molecule has 0 spiro atoms. The zero-order chi connectivity index (χ0) is 14.0. The van der Waals surface area contributed by atoms with Crippen molar-refractivity contribution in [3.05, 3.63) is 63.4 Å². The number of aliphatic hydroxyl groups excluding tert-OH is 1. The van der Waals surface area contributed by atoms with Crippen LogP contribution in [0.15, 0.2) is 36.4 Å². The third kappa shape index (κ3) is 3.00. The summed E-state index contributed by atoms with van der Waals surface area (Å²) in [6, 6.07) is 8.91. The van der Waals surface area contributed by atoms with E-state index < -0.39 is 11.9 Å². The standard InChI is InChI=1S/C14H11Cl2FO2/c1-19-9-3-5-11(13(17)7-9)14(18)10-4-2-8(15)6-12(10)16/h2-7,14,18H,1H3. The number of halogens is 3. The fraction of sp³-hybridized carbons (Fsp3) is 0.143. The van der Waals surface area contributed by atoms with E-state index in [4.69, 9.17) is 27.9 Å². The first kappa shape index (κ1) is 14.1. The Morgan fingerprint density at radius 3 is 2.37 bits per heavy atom. The van der Waals surface area contributed by atoms with E-state index in [2.05, 4.69) is 0 Å². The first-order chi connectivity index (χ1) is 9.02. The molecule has 1 N–H and O–H groups in total. The summed E-state index contributed by atoms with van der Waals surface area (Å²) in [4.78, 5) is 0. The van der Waals surface area contributed by atoms with Gasteiger partial charge in [-0.2, -0.15) is 0 Å². The molecule has 0 bridgehead atoms. The molecule has 100 valence electrons. The maximum absolute atomic E-state index is 13.9. The van der Waals surface area contributed by atoms with Crippen LogP contribution in [-0.2, 0) is 0 Å². The molecular formula is C14H11Cl2FO2. The number of rotatable bonds is 3. The number of hydrogen-bond acceptors (Lipinski definition) is 2. The van der Waals surface area contributed by atoms with Gasteiger partial charge in [-0.15, -0.1) is 0 Å². The smallest absolute Gasteiger partial charge is 0.133 e. The summed E-state index contributed by atoms with van der Waals surface area (Å²) in [6.07, 6.45) is -1.16. The lowest BCUT2D eigenvalue weighted by molar-refractivity contribution is 0.215. The lowest BCUT2D eigenvalue weighted by Gasteiger charge is -2.14. The molecule has 2 rings (SSSR count). The van der Waals surface area contributed by atoms with Crippen LogP contribution in [0, 0.1) is 5.82 Å². The predicted octanol–water partition coefficient (Wildman–Crippen LogP) is 4.22. The molecule has 0 fully saturated rings. The normalized spacial score (nSPS) is 12.3. The van der Waals surface area contributed by atoms with E-state index in [1.165, 1.54) is 25.3 Å². The summed E-state index contributed by atoms with van der Waals surface area (Å²) in [7, 11) is 1.45.